The van der Waals surface area contributed by atoms with Gasteiger partial charge in [0.2, 0.25) is 0 Å². The lowest BCUT2D eigenvalue weighted by Gasteiger charge is -2.21. The van der Waals surface area contributed by atoms with E-state index in [2.05, 4.69) is 68.2 Å². The summed E-state index contributed by atoms with van der Waals surface area (Å²) in [6.45, 7) is 11.0. The normalized spacial score (nSPS) is 13.8. The molecule has 150 valence electrons. The molecule has 4 heteroatoms. The molecular formula is C24H33N3O. The van der Waals surface area contributed by atoms with Crippen molar-refractivity contribution < 1.29 is 5.11 Å². The molecule has 0 spiro atoms. The number of rotatable bonds is 8. The van der Waals surface area contributed by atoms with Crippen molar-refractivity contribution in [1.82, 2.24) is 15.4 Å². The van der Waals surface area contributed by atoms with Gasteiger partial charge in [-0.05, 0) is 66.3 Å². The Balaban J connectivity index is 2.31. The van der Waals surface area contributed by atoms with Gasteiger partial charge in [0.25, 0.3) is 0 Å². The summed E-state index contributed by atoms with van der Waals surface area (Å²) < 4.78 is 0. The molecule has 2 atom stereocenters. The van der Waals surface area contributed by atoms with Crippen molar-refractivity contribution in [3.05, 3.63) is 41.0 Å². The molecule has 28 heavy (non-hydrogen) atoms. The number of hydrogen-bond acceptors (Lipinski definition) is 3. The second-order valence-corrected chi connectivity index (χ2v) is 8.02. The van der Waals surface area contributed by atoms with Crippen molar-refractivity contribution in [2.75, 3.05) is 0 Å². The first-order valence-electron chi connectivity index (χ1n) is 10.7. The molecule has 0 radical (unpaired) electrons. The third-order valence-electron chi connectivity index (χ3n) is 6.13. The van der Waals surface area contributed by atoms with E-state index in [-0.39, 0.29) is 0 Å². The molecule has 0 saturated heterocycles. The third kappa shape index (κ3) is 3.78. The number of aromatic amines is 1. The first-order chi connectivity index (χ1) is 13.5. The number of nitrogens with zero attached hydrogens (tertiary/aromatic N) is 2. The molecule has 2 N–H and O–H groups in total. The van der Waals surface area contributed by atoms with Crippen LogP contribution >= 0.6 is 0 Å². The molecule has 3 rings (SSSR count). The minimum absolute atomic E-state index is 0.304. The number of unbranched alkanes of at least 4 members (excludes halogenated alkanes) is 1. The van der Waals surface area contributed by atoms with E-state index in [0.717, 1.165) is 59.8 Å². The summed E-state index contributed by atoms with van der Waals surface area (Å²) in [6, 6.07) is 8.55. The molecule has 1 heterocycles. The van der Waals surface area contributed by atoms with Gasteiger partial charge in [-0.1, -0.05) is 53.2 Å². The number of benzene rings is 2. The summed E-state index contributed by atoms with van der Waals surface area (Å²) in [5, 5.41) is 22.8. The van der Waals surface area contributed by atoms with Gasteiger partial charge in [-0.15, -0.1) is 0 Å². The number of hydrogen-bond donors (Lipinski definition) is 2. The molecule has 0 saturated carbocycles. The Labute approximate surface area is 168 Å². The van der Waals surface area contributed by atoms with Crippen LogP contribution in [-0.4, -0.2) is 20.5 Å². The van der Waals surface area contributed by atoms with Crippen LogP contribution in [0.1, 0.15) is 88.8 Å². The lowest BCUT2D eigenvalue weighted by molar-refractivity contribution is 0.463. The number of aryl methyl sites for hydroxylation is 1. The number of phenolic OH excluding ortho intramolecular Hbond substituents is 1. The summed E-state index contributed by atoms with van der Waals surface area (Å²) in [5.74, 6) is 1.14. The average molecular weight is 380 g/mol. The maximum Gasteiger partial charge on any atom is 0.126 e. The lowest BCUT2D eigenvalue weighted by atomic mass is 9.85. The number of aromatic nitrogens is 3. The Morgan fingerprint density at radius 1 is 1.00 bits per heavy atom. The van der Waals surface area contributed by atoms with Crippen molar-refractivity contribution in [2.45, 2.75) is 78.6 Å². The van der Waals surface area contributed by atoms with E-state index < -0.39 is 0 Å². The van der Waals surface area contributed by atoms with Crippen molar-refractivity contribution in [3.63, 3.8) is 0 Å². The molecule has 2 unspecified atom stereocenters. The highest BCUT2D eigenvalue weighted by atomic mass is 16.3. The lowest BCUT2D eigenvalue weighted by Crippen LogP contribution is -2.01. The highest BCUT2D eigenvalue weighted by molar-refractivity contribution is 5.95. The van der Waals surface area contributed by atoms with Gasteiger partial charge in [0.05, 0.1) is 0 Å². The van der Waals surface area contributed by atoms with Gasteiger partial charge in [0, 0.05) is 11.1 Å². The maximum absolute atomic E-state index is 11.3. The molecule has 0 aliphatic heterocycles. The Morgan fingerprint density at radius 2 is 1.75 bits per heavy atom. The molecule has 0 aliphatic rings. The Bertz CT molecular complexity index is 944. The van der Waals surface area contributed by atoms with Gasteiger partial charge in [0.15, 0.2) is 0 Å². The predicted molar refractivity (Wildman–Crippen MR) is 117 cm³/mol. The summed E-state index contributed by atoms with van der Waals surface area (Å²) >= 11 is 0. The second kappa shape index (κ2) is 8.76. The van der Waals surface area contributed by atoms with Gasteiger partial charge in [-0.3, -0.25) is 0 Å². The molecule has 3 aromatic rings. The van der Waals surface area contributed by atoms with E-state index in [1.54, 1.807) is 0 Å². The van der Waals surface area contributed by atoms with Crippen molar-refractivity contribution in [2.24, 2.45) is 0 Å². The molecule has 4 nitrogen and oxygen atoms in total. The van der Waals surface area contributed by atoms with E-state index in [1.165, 1.54) is 11.1 Å². The fourth-order valence-corrected chi connectivity index (χ4v) is 3.82. The summed E-state index contributed by atoms with van der Waals surface area (Å²) in [7, 11) is 0. The Hall–Kier alpha value is -2.36. The number of fused-ring (bicyclic) bond motifs is 1. The zero-order chi connectivity index (χ0) is 20.3. The number of nitrogens with one attached hydrogen (secondary N) is 1. The highest BCUT2D eigenvalue weighted by Gasteiger charge is 2.22. The van der Waals surface area contributed by atoms with E-state index in [4.69, 9.17) is 0 Å². The summed E-state index contributed by atoms with van der Waals surface area (Å²) in [4.78, 5) is 0. The smallest absolute Gasteiger partial charge is 0.126 e. The highest BCUT2D eigenvalue weighted by Crippen LogP contribution is 2.43. The zero-order valence-corrected chi connectivity index (χ0v) is 17.8. The van der Waals surface area contributed by atoms with Crippen molar-refractivity contribution >= 4 is 11.0 Å². The molecule has 0 aliphatic carbocycles. The van der Waals surface area contributed by atoms with Gasteiger partial charge in [0.1, 0.15) is 16.8 Å². The fraction of sp³-hybridized carbons (Fsp3) is 0.500. The third-order valence-corrected chi connectivity index (χ3v) is 6.13. The van der Waals surface area contributed by atoms with E-state index in [1.807, 2.05) is 6.07 Å². The summed E-state index contributed by atoms with van der Waals surface area (Å²) in [5.41, 5.74) is 7.18. The van der Waals surface area contributed by atoms with Crippen LogP contribution in [0.15, 0.2) is 24.3 Å². The van der Waals surface area contributed by atoms with Crippen molar-refractivity contribution in [1.29, 1.82) is 0 Å². The first kappa shape index (κ1) is 20.4. The monoisotopic (exact) mass is 379 g/mol. The van der Waals surface area contributed by atoms with Crippen LogP contribution in [0.2, 0.25) is 0 Å². The standard InChI is InChI=1S/C24H33N3O/c1-6-9-10-17-11-12-21-23(26-27-25-21)22(17)20-14-18(15(4)7-2)13-19(24(20)28)16(5)8-3/h11-16,28H,6-10H2,1-5H3,(H,25,26,27). The van der Waals surface area contributed by atoms with Gasteiger partial charge < -0.3 is 5.11 Å². The summed E-state index contributed by atoms with van der Waals surface area (Å²) in [6.07, 6.45) is 5.28. The van der Waals surface area contributed by atoms with E-state index >= 15 is 0 Å². The Kier molecular flexibility index (Phi) is 6.38. The molecule has 0 fully saturated rings. The van der Waals surface area contributed by atoms with Crippen LogP contribution in [0.4, 0.5) is 0 Å². The number of aromatic hydroxyl groups is 1. The van der Waals surface area contributed by atoms with Crippen LogP contribution in [-0.2, 0) is 6.42 Å². The van der Waals surface area contributed by atoms with Crippen molar-refractivity contribution in [3.8, 4) is 16.9 Å². The zero-order valence-electron chi connectivity index (χ0n) is 17.8. The number of phenols is 1. The van der Waals surface area contributed by atoms with Crippen LogP contribution in [0.3, 0.4) is 0 Å². The van der Waals surface area contributed by atoms with Gasteiger partial charge in [-0.2, -0.15) is 15.4 Å². The van der Waals surface area contributed by atoms with E-state index in [0.29, 0.717) is 17.6 Å². The fourth-order valence-electron chi connectivity index (χ4n) is 3.82. The van der Waals surface area contributed by atoms with Crippen LogP contribution in [0.5, 0.6) is 5.75 Å². The molecule has 2 aromatic carbocycles. The van der Waals surface area contributed by atoms with Gasteiger partial charge in [-0.25, -0.2) is 0 Å². The Morgan fingerprint density at radius 3 is 2.43 bits per heavy atom. The predicted octanol–water partition coefficient (Wildman–Crippen LogP) is 6.70. The molecule has 0 bridgehead atoms. The van der Waals surface area contributed by atoms with Crippen LogP contribution in [0, 0.1) is 0 Å². The second-order valence-electron chi connectivity index (χ2n) is 8.02. The van der Waals surface area contributed by atoms with Crippen LogP contribution < -0.4 is 0 Å². The SMILES string of the molecule is CCCCc1ccc2n[nH]nc2c1-c1cc(C(C)CC)cc(C(C)CC)c1O. The molecule has 1 aromatic heterocycles. The maximum atomic E-state index is 11.3. The minimum Gasteiger partial charge on any atom is -0.507 e. The first-order valence-corrected chi connectivity index (χ1v) is 10.7. The average Bonchev–Trinajstić information content (AvgIpc) is 3.19. The molecule has 0 amide bonds. The largest absolute Gasteiger partial charge is 0.507 e. The minimum atomic E-state index is 0.304. The quantitative estimate of drug-likeness (QED) is 0.458. The topological polar surface area (TPSA) is 61.8 Å². The van der Waals surface area contributed by atoms with Crippen LogP contribution in [0.25, 0.3) is 22.2 Å². The number of H-pyrrole nitrogens is 1. The molecular weight excluding hydrogens is 346 g/mol. The van der Waals surface area contributed by atoms with E-state index in [9.17, 15) is 5.11 Å². The van der Waals surface area contributed by atoms with Gasteiger partial charge >= 0.3 is 0 Å².